The molecule has 0 aromatic carbocycles. The Hall–Kier alpha value is -0.540. The van der Waals surface area contributed by atoms with E-state index in [4.69, 9.17) is 23.2 Å². The van der Waals surface area contributed by atoms with Crippen LogP contribution in [0.4, 0.5) is 0 Å². The number of aromatic nitrogens is 2. The molecule has 11 heavy (non-hydrogen) atoms. The van der Waals surface area contributed by atoms with Gasteiger partial charge in [0.15, 0.2) is 0 Å². The molecular weight excluding hydrogens is 187 g/mol. The van der Waals surface area contributed by atoms with Crippen molar-refractivity contribution >= 4 is 28.4 Å². The number of carbonyl (C=O) groups is 1. The fourth-order valence-corrected chi connectivity index (χ4v) is 1.39. The summed E-state index contributed by atoms with van der Waals surface area (Å²) in [4.78, 5) is 10.7. The first kappa shape index (κ1) is 8.56. The predicted octanol–water partition coefficient (Wildman–Crippen LogP) is 1.76. The largest absolute Gasteiger partial charge is 0.275 e. The van der Waals surface area contributed by atoms with Crippen molar-refractivity contribution in [2.75, 3.05) is 0 Å². The number of carbonyl (C=O) groups excluding carboxylic acids is 1. The molecule has 3 nitrogen and oxygen atoms in total. The van der Waals surface area contributed by atoms with E-state index in [1.54, 1.807) is 14.0 Å². The predicted molar refractivity (Wildman–Crippen MR) is 43.1 cm³/mol. The maximum absolute atomic E-state index is 10.7. The lowest BCUT2D eigenvalue weighted by atomic mass is 10.3. The molecule has 60 valence electrons. The molecule has 0 fully saturated rings. The van der Waals surface area contributed by atoms with Crippen LogP contribution in [0.2, 0.25) is 5.15 Å². The Morgan fingerprint density at radius 2 is 2.18 bits per heavy atom. The molecule has 0 N–H and O–H groups in total. The van der Waals surface area contributed by atoms with Crippen molar-refractivity contribution in [3.05, 3.63) is 16.4 Å². The van der Waals surface area contributed by atoms with Crippen LogP contribution < -0.4 is 0 Å². The van der Waals surface area contributed by atoms with Crippen LogP contribution in [-0.4, -0.2) is 15.0 Å². The molecule has 0 aliphatic rings. The number of hydrogen-bond donors (Lipinski definition) is 0. The van der Waals surface area contributed by atoms with Crippen molar-refractivity contribution in [1.82, 2.24) is 9.78 Å². The van der Waals surface area contributed by atoms with Crippen molar-refractivity contribution < 1.29 is 4.79 Å². The first-order valence-corrected chi connectivity index (χ1v) is 3.68. The molecule has 0 amide bonds. The SMILES string of the molecule is Cc1nn(C)c(Cl)c1C(=O)Cl. The quantitative estimate of drug-likeness (QED) is 0.637. The normalized spacial score (nSPS) is 10.2. The van der Waals surface area contributed by atoms with E-state index in [1.165, 1.54) is 4.68 Å². The molecule has 1 rings (SSSR count). The summed E-state index contributed by atoms with van der Waals surface area (Å²) in [5, 5.41) is 3.62. The Bertz CT molecular complexity index is 306. The molecule has 0 saturated heterocycles. The fraction of sp³-hybridized carbons (Fsp3) is 0.333. The second-order valence-electron chi connectivity index (χ2n) is 2.15. The van der Waals surface area contributed by atoms with Gasteiger partial charge in [-0.3, -0.25) is 9.48 Å². The molecule has 0 aliphatic heterocycles. The van der Waals surface area contributed by atoms with E-state index in [9.17, 15) is 4.79 Å². The fourth-order valence-electron chi connectivity index (χ4n) is 0.853. The highest BCUT2D eigenvalue weighted by atomic mass is 35.5. The van der Waals surface area contributed by atoms with E-state index in [2.05, 4.69) is 5.10 Å². The van der Waals surface area contributed by atoms with Crippen LogP contribution in [0.5, 0.6) is 0 Å². The summed E-state index contributed by atoms with van der Waals surface area (Å²) in [7, 11) is 1.65. The van der Waals surface area contributed by atoms with Gasteiger partial charge in [-0.05, 0) is 18.5 Å². The minimum absolute atomic E-state index is 0.280. The van der Waals surface area contributed by atoms with Gasteiger partial charge in [0.05, 0.1) is 11.3 Å². The highest BCUT2D eigenvalue weighted by molar-refractivity contribution is 6.68. The minimum atomic E-state index is -0.569. The first-order chi connectivity index (χ1) is 5.04. The van der Waals surface area contributed by atoms with Gasteiger partial charge in [0, 0.05) is 7.05 Å². The van der Waals surface area contributed by atoms with Gasteiger partial charge < -0.3 is 0 Å². The van der Waals surface area contributed by atoms with E-state index in [0.29, 0.717) is 5.69 Å². The van der Waals surface area contributed by atoms with Crippen molar-refractivity contribution in [3.8, 4) is 0 Å². The van der Waals surface area contributed by atoms with Gasteiger partial charge in [-0.1, -0.05) is 11.6 Å². The zero-order valence-corrected chi connectivity index (χ0v) is 7.57. The highest BCUT2D eigenvalue weighted by Crippen LogP contribution is 2.19. The number of halogens is 2. The monoisotopic (exact) mass is 192 g/mol. The summed E-state index contributed by atoms with van der Waals surface area (Å²) in [6, 6.07) is 0. The Balaban J connectivity index is 3.34. The van der Waals surface area contributed by atoms with Gasteiger partial charge in [-0.25, -0.2) is 0 Å². The lowest BCUT2D eigenvalue weighted by molar-refractivity contribution is 0.108. The maximum atomic E-state index is 10.7. The number of hydrogen-bond acceptors (Lipinski definition) is 2. The van der Waals surface area contributed by atoms with Crippen LogP contribution in [0.15, 0.2) is 0 Å². The standard InChI is InChI=1S/C6H6Cl2N2O/c1-3-4(6(8)11)5(7)10(2)9-3/h1-2H3. The molecule has 0 unspecified atom stereocenters. The van der Waals surface area contributed by atoms with E-state index in [0.717, 1.165) is 0 Å². The molecule has 0 saturated carbocycles. The van der Waals surface area contributed by atoms with Crippen LogP contribution in [0.25, 0.3) is 0 Å². The molecule has 1 aromatic rings. The molecule has 1 aromatic heterocycles. The summed E-state index contributed by atoms with van der Waals surface area (Å²) < 4.78 is 1.41. The van der Waals surface area contributed by atoms with Crippen molar-refractivity contribution in [2.45, 2.75) is 6.92 Å². The highest BCUT2D eigenvalue weighted by Gasteiger charge is 2.16. The van der Waals surface area contributed by atoms with Crippen LogP contribution in [0, 0.1) is 6.92 Å². The minimum Gasteiger partial charge on any atom is -0.275 e. The van der Waals surface area contributed by atoms with E-state index >= 15 is 0 Å². The van der Waals surface area contributed by atoms with Crippen LogP contribution in [0.3, 0.4) is 0 Å². The summed E-state index contributed by atoms with van der Waals surface area (Å²) in [6.45, 7) is 1.68. The van der Waals surface area contributed by atoms with Gasteiger partial charge in [0.25, 0.3) is 5.24 Å². The first-order valence-electron chi connectivity index (χ1n) is 2.93. The number of nitrogens with zero attached hydrogens (tertiary/aromatic N) is 2. The molecule has 0 radical (unpaired) electrons. The van der Waals surface area contributed by atoms with E-state index < -0.39 is 5.24 Å². The summed E-state index contributed by atoms with van der Waals surface area (Å²) in [5.41, 5.74) is 0.841. The van der Waals surface area contributed by atoms with Gasteiger partial charge in [-0.15, -0.1) is 0 Å². The molecule has 1 heterocycles. The Labute approximate surface area is 73.9 Å². The van der Waals surface area contributed by atoms with Gasteiger partial charge in [0.2, 0.25) is 0 Å². The molecular formula is C6H6Cl2N2O. The van der Waals surface area contributed by atoms with Gasteiger partial charge in [-0.2, -0.15) is 5.10 Å². The number of rotatable bonds is 1. The molecule has 0 atom stereocenters. The zero-order chi connectivity index (χ0) is 8.59. The maximum Gasteiger partial charge on any atom is 0.257 e. The summed E-state index contributed by atoms with van der Waals surface area (Å²) >= 11 is 11.0. The lowest BCUT2D eigenvalue weighted by Crippen LogP contribution is -1.91. The second kappa shape index (κ2) is 2.83. The molecule has 0 bridgehead atoms. The van der Waals surface area contributed by atoms with Crippen LogP contribution in [-0.2, 0) is 7.05 Å². The Morgan fingerprint density at radius 3 is 2.36 bits per heavy atom. The van der Waals surface area contributed by atoms with Crippen LogP contribution in [0.1, 0.15) is 16.1 Å². The molecule has 0 spiro atoms. The zero-order valence-electron chi connectivity index (χ0n) is 6.06. The third-order valence-electron chi connectivity index (χ3n) is 1.35. The summed E-state index contributed by atoms with van der Waals surface area (Å²) in [5.74, 6) is 0. The molecule has 5 heteroatoms. The average molecular weight is 193 g/mol. The van der Waals surface area contributed by atoms with Crippen LogP contribution >= 0.6 is 23.2 Å². The topological polar surface area (TPSA) is 34.9 Å². The summed E-state index contributed by atoms with van der Waals surface area (Å²) in [6.07, 6.45) is 0. The average Bonchev–Trinajstić information content (AvgIpc) is 2.07. The van der Waals surface area contributed by atoms with Gasteiger partial charge >= 0.3 is 0 Å². The second-order valence-corrected chi connectivity index (χ2v) is 2.85. The van der Waals surface area contributed by atoms with Crippen molar-refractivity contribution in [2.24, 2.45) is 7.05 Å². The van der Waals surface area contributed by atoms with E-state index in [-0.39, 0.29) is 10.7 Å². The lowest BCUT2D eigenvalue weighted by Gasteiger charge is -1.90. The number of aryl methyl sites for hydroxylation is 2. The Kier molecular flexibility index (Phi) is 2.20. The molecule has 0 aliphatic carbocycles. The van der Waals surface area contributed by atoms with Gasteiger partial charge in [0.1, 0.15) is 5.15 Å². The smallest absolute Gasteiger partial charge is 0.257 e. The van der Waals surface area contributed by atoms with Crippen molar-refractivity contribution in [3.63, 3.8) is 0 Å². The third kappa shape index (κ3) is 1.39. The van der Waals surface area contributed by atoms with Crippen molar-refractivity contribution in [1.29, 1.82) is 0 Å². The van der Waals surface area contributed by atoms with E-state index in [1.807, 2.05) is 0 Å². The third-order valence-corrected chi connectivity index (χ3v) is 1.97. The Morgan fingerprint density at radius 1 is 1.64 bits per heavy atom.